The van der Waals surface area contributed by atoms with E-state index in [2.05, 4.69) is 4.72 Å². The third kappa shape index (κ3) is 5.60. The van der Waals surface area contributed by atoms with Crippen LogP contribution in [0.4, 0.5) is 8.78 Å². The van der Waals surface area contributed by atoms with Crippen LogP contribution in [0, 0.1) is 25.5 Å². The Kier molecular flexibility index (Phi) is 6.44. The molecule has 0 bridgehead atoms. The molecule has 0 amide bonds. The number of ether oxygens (including phenoxy) is 1. The van der Waals surface area contributed by atoms with Gasteiger partial charge in [-0.3, -0.25) is 4.79 Å². The lowest BCUT2D eigenvalue weighted by Gasteiger charge is -2.09. The third-order valence-corrected chi connectivity index (χ3v) is 4.96. The highest BCUT2D eigenvalue weighted by Gasteiger charge is 2.17. The molecule has 0 saturated carbocycles. The van der Waals surface area contributed by atoms with Crippen LogP contribution in [0.25, 0.3) is 0 Å². The highest BCUT2D eigenvalue weighted by Crippen LogP contribution is 2.14. The van der Waals surface area contributed by atoms with Crippen molar-refractivity contribution in [1.29, 1.82) is 0 Å². The molecule has 2 rings (SSSR count). The van der Waals surface area contributed by atoms with E-state index in [0.717, 1.165) is 28.8 Å². The van der Waals surface area contributed by atoms with Crippen LogP contribution in [0.15, 0.2) is 41.3 Å². The number of aryl methyl sites for hydroxylation is 2. The van der Waals surface area contributed by atoms with E-state index in [-0.39, 0.29) is 19.6 Å². The molecule has 0 unspecified atom stereocenters. The van der Waals surface area contributed by atoms with Gasteiger partial charge in [0.1, 0.15) is 6.61 Å². The van der Waals surface area contributed by atoms with Crippen LogP contribution in [0.3, 0.4) is 0 Å². The van der Waals surface area contributed by atoms with E-state index in [0.29, 0.717) is 6.07 Å². The minimum Gasteiger partial charge on any atom is -0.461 e. The molecule has 2 aromatic carbocycles. The summed E-state index contributed by atoms with van der Waals surface area (Å²) in [7, 11) is -4.04. The topological polar surface area (TPSA) is 72.5 Å². The number of benzene rings is 2. The lowest BCUT2D eigenvalue weighted by Crippen LogP contribution is -2.27. The van der Waals surface area contributed by atoms with E-state index in [9.17, 15) is 22.0 Å². The zero-order valence-electron chi connectivity index (χ0n) is 14.4. The average Bonchev–Trinajstić information content (AvgIpc) is 2.54. The summed E-state index contributed by atoms with van der Waals surface area (Å²) in [5, 5.41) is 0. The zero-order chi connectivity index (χ0) is 19.3. The van der Waals surface area contributed by atoms with Gasteiger partial charge in [-0.25, -0.2) is 21.9 Å². The molecular formula is C18H19F2NO4S. The third-order valence-electron chi connectivity index (χ3n) is 3.50. The number of halogens is 2. The Labute approximate surface area is 151 Å². The Bertz CT molecular complexity index is 893. The molecule has 0 fully saturated rings. The van der Waals surface area contributed by atoms with Gasteiger partial charge in [0.15, 0.2) is 11.6 Å². The van der Waals surface area contributed by atoms with Crippen LogP contribution < -0.4 is 4.72 Å². The Balaban J connectivity index is 1.84. The molecule has 0 spiro atoms. The van der Waals surface area contributed by atoms with E-state index < -0.39 is 32.5 Å². The van der Waals surface area contributed by atoms with Gasteiger partial charge in [0.2, 0.25) is 10.0 Å². The monoisotopic (exact) mass is 383 g/mol. The number of nitrogens with one attached hydrogen (secondary N) is 1. The van der Waals surface area contributed by atoms with Crippen molar-refractivity contribution >= 4 is 16.0 Å². The highest BCUT2D eigenvalue weighted by atomic mass is 32.2. The second kappa shape index (κ2) is 8.37. The molecule has 0 radical (unpaired) electrons. The van der Waals surface area contributed by atoms with Crippen molar-refractivity contribution in [2.75, 3.05) is 6.54 Å². The number of sulfonamides is 1. The van der Waals surface area contributed by atoms with E-state index >= 15 is 0 Å². The molecule has 2 aromatic rings. The summed E-state index contributed by atoms with van der Waals surface area (Å²) in [5.74, 6) is -2.98. The molecular weight excluding hydrogens is 364 g/mol. The van der Waals surface area contributed by atoms with Crippen LogP contribution in [-0.2, 0) is 26.2 Å². The molecule has 0 aliphatic carbocycles. The van der Waals surface area contributed by atoms with Crippen molar-refractivity contribution in [2.45, 2.75) is 31.8 Å². The van der Waals surface area contributed by atoms with Crippen molar-refractivity contribution in [3.63, 3.8) is 0 Å². The molecule has 0 saturated heterocycles. The molecule has 0 aliphatic rings. The largest absolute Gasteiger partial charge is 0.461 e. The number of carbonyl (C=O) groups is 1. The lowest BCUT2D eigenvalue weighted by atomic mass is 10.1. The van der Waals surface area contributed by atoms with Gasteiger partial charge in [-0.2, -0.15) is 0 Å². The normalized spacial score (nSPS) is 11.4. The first-order chi connectivity index (χ1) is 12.2. The molecule has 0 atom stereocenters. The number of rotatable bonds is 7. The summed E-state index contributed by atoms with van der Waals surface area (Å²) in [5.41, 5.74) is 2.95. The van der Waals surface area contributed by atoms with Gasteiger partial charge in [0.25, 0.3) is 0 Å². The first-order valence-electron chi connectivity index (χ1n) is 7.85. The second-order valence-corrected chi connectivity index (χ2v) is 7.65. The maximum Gasteiger partial charge on any atom is 0.307 e. The summed E-state index contributed by atoms with van der Waals surface area (Å²) in [4.78, 5) is 11.3. The van der Waals surface area contributed by atoms with Gasteiger partial charge in [-0.15, -0.1) is 0 Å². The first kappa shape index (κ1) is 20.0. The molecule has 0 aromatic heterocycles. The minimum atomic E-state index is -4.04. The number of hydrogen-bond donors (Lipinski definition) is 1. The van der Waals surface area contributed by atoms with Crippen LogP contribution >= 0.6 is 0 Å². The van der Waals surface area contributed by atoms with Crippen molar-refractivity contribution < 1.29 is 26.7 Å². The van der Waals surface area contributed by atoms with Gasteiger partial charge in [0, 0.05) is 6.54 Å². The Morgan fingerprint density at radius 1 is 1.04 bits per heavy atom. The quantitative estimate of drug-likeness (QED) is 0.746. The fraction of sp³-hybridized carbons (Fsp3) is 0.278. The standard InChI is InChI=1S/C18H19F2NO4S/c1-12-7-13(2)9-14(8-12)11-25-18(22)5-6-21-26(23,24)15-3-4-16(19)17(20)10-15/h3-4,7-10,21H,5-6,11H2,1-2H3. The summed E-state index contributed by atoms with van der Waals surface area (Å²) in [6, 6.07) is 8.04. The predicted molar refractivity (Wildman–Crippen MR) is 91.9 cm³/mol. The Morgan fingerprint density at radius 3 is 2.31 bits per heavy atom. The zero-order valence-corrected chi connectivity index (χ0v) is 15.2. The molecule has 26 heavy (non-hydrogen) atoms. The van der Waals surface area contributed by atoms with Crippen molar-refractivity contribution in [3.05, 3.63) is 64.7 Å². The fourth-order valence-corrected chi connectivity index (χ4v) is 3.45. The van der Waals surface area contributed by atoms with Gasteiger partial charge < -0.3 is 4.74 Å². The number of esters is 1. The minimum absolute atomic E-state index is 0.0945. The highest BCUT2D eigenvalue weighted by molar-refractivity contribution is 7.89. The fourth-order valence-electron chi connectivity index (χ4n) is 2.40. The van der Waals surface area contributed by atoms with E-state index in [1.807, 2.05) is 32.0 Å². The first-order valence-corrected chi connectivity index (χ1v) is 9.33. The smallest absolute Gasteiger partial charge is 0.307 e. The van der Waals surface area contributed by atoms with Crippen LogP contribution in [0.1, 0.15) is 23.1 Å². The van der Waals surface area contributed by atoms with Gasteiger partial charge in [-0.05, 0) is 37.6 Å². The Hall–Kier alpha value is -2.32. The van der Waals surface area contributed by atoms with E-state index in [4.69, 9.17) is 4.74 Å². The molecule has 8 heteroatoms. The SMILES string of the molecule is Cc1cc(C)cc(COC(=O)CCNS(=O)(=O)c2ccc(F)c(F)c2)c1. The summed E-state index contributed by atoms with van der Waals surface area (Å²) >= 11 is 0. The maximum absolute atomic E-state index is 13.1. The summed E-state index contributed by atoms with van der Waals surface area (Å²) < 4.78 is 57.2. The van der Waals surface area contributed by atoms with Gasteiger partial charge in [-0.1, -0.05) is 29.3 Å². The molecule has 0 heterocycles. The number of hydrogen-bond acceptors (Lipinski definition) is 4. The van der Waals surface area contributed by atoms with E-state index in [1.54, 1.807) is 0 Å². The van der Waals surface area contributed by atoms with Gasteiger partial charge in [0.05, 0.1) is 11.3 Å². The van der Waals surface area contributed by atoms with Crippen molar-refractivity contribution in [2.24, 2.45) is 0 Å². The van der Waals surface area contributed by atoms with Crippen LogP contribution in [0.5, 0.6) is 0 Å². The van der Waals surface area contributed by atoms with Crippen molar-refractivity contribution in [3.8, 4) is 0 Å². The summed E-state index contributed by atoms with van der Waals surface area (Å²) in [6.45, 7) is 3.75. The average molecular weight is 383 g/mol. The molecule has 5 nitrogen and oxygen atoms in total. The van der Waals surface area contributed by atoms with E-state index in [1.165, 1.54) is 0 Å². The molecule has 0 aliphatic heterocycles. The Morgan fingerprint density at radius 2 is 1.69 bits per heavy atom. The maximum atomic E-state index is 13.1. The predicted octanol–water partition coefficient (Wildman–Crippen LogP) is 2.99. The van der Waals surface area contributed by atoms with Gasteiger partial charge >= 0.3 is 5.97 Å². The van der Waals surface area contributed by atoms with Crippen LogP contribution in [0.2, 0.25) is 0 Å². The molecule has 140 valence electrons. The van der Waals surface area contributed by atoms with Crippen LogP contribution in [-0.4, -0.2) is 20.9 Å². The summed E-state index contributed by atoms with van der Waals surface area (Å²) in [6.07, 6.45) is -0.187. The number of carbonyl (C=O) groups excluding carboxylic acids is 1. The second-order valence-electron chi connectivity index (χ2n) is 5.88. The lowest BCUT2D eigenvalue weighted by molar-refractivity contribution is -0.144. The molecule has 1 N–H and O–H groups in total. The van der Waals surface area contributed by atoms with Crippen molar-refractivity contribution in [1.82, 2.24) is 4.72 Å².